The Morgan fingerprint density at radius 2 is 2.33 bits per heavy atom. The molecule has 0 unspecified atom stereocenters. The van der Waals surface area contributed by atoms with Crippen molar-refractivity contribution in [3.05, 3.63) is 0 Å². The third-order valence-corrected chi connectivity index (χ3v) is 2.38. The average Bonchev–Trinajstić information content (AvgIpc) is 2.33. The fourth-order valence-electron chi connectivity index (χ4n) is 1.78. The van der Waals surface area contributed by atoms with Crippen molar-refractivity contribution in [1.82, 2.24) is 5.32 Å². The monoisotopic (exact) mass is 127 g/mol. The first-order chi connectivity index (χ1) is 4.47. The zero-order valence-electron chi connectivity index (χ0n) is 5.60. The summed E-state index contributed by atoms with van der Waals surface area (Å²) in [6.07, 6.45) is 3.18. The molecule has 2 nitrogen and oxygen atoms in total. The lowest BCUT2D eigenvalue weighted by atomic mass is 9.95. The molecule has 2 aliphatic heterocycles. The molecule has 1 N–H and O–H groups in total. The van der Waals surface area contributed by atoms with Gasteiger partial charge >= 0.3 is 0 Å². The minimum Gasteiger partial charge on any atom is -0.377 e. The van der Waals surface area contributed by atoms with Gasteiger partial charge in [-0.1, -0.05) is 0 Å². The van der Waals surface area contributed by atoms with E-state index in [2.05, 4.69) is 5.32 Å². The van der Waals surface area contributed by atoms with E-state index in [0.29, 0.717) is 6.10 Å². The zero-order chi connectivity index (χ0) is 6.10. The van der Waals surface area contributed by atoms with Crippen LogP contribution in [0.15, 0.2) is 0 Å². The first-order valence-electron chi connectivity index (χ1n) is 3.79. The van der Waals surface area contributed by atoms with Crippen molar-refractivity contribution < 1.29 is 4.74 Å². The molecule has 0 aromatic carbocycles. The van der Waals surface area contributed by atoms with E-state index in [1.807, 2.05) is 0 Å². The van der Waals surface area contributed by atoms with Gasteiger partial charge in [-0.3, -0.25) is 0 Å². The molecule has 2 heteroatoms. The number of nitrogens with one attached hydrogen (secondary N) is 1. The molecule has 0 aromatic rings. The summed E-state index contributed by atoms with van der Waals surface area (Å²) in [5, 5.41) is 3.33. The van der Waals surface area contributed by atoms with Gasteiger partial charge in [0.15, 0.2) is 0 Å². The predicted molar refractivity (Wildman–Crippen MR) is 35.3 cm³/mol. The molecule has 0 spiro atoms. The van der Waals surface area contributed by atoms with Crippen LogP contribution >= 0.6 is 0 Å². The standard InChI is InChI=1S/C7H13NO/c1-3-8-5-7-6(1)2-4-9-7/h6-8H,1-5H2/t6-,7+/m1/s1. The molecule has 0 saturated carbocycles. The van der Waals surface area contributed by atoms with Crippen LogP contribution in [0.4, 0.5) is 0 Å². The molecule has 2 fully saturated rings. The normalized spacial score (nSPS) is 42.7. The third kappa shape index (κ3) is 0.970. The smallest absolute Gasteiger partial charge is 0.0728 e. The highest BCUT2D eigenvalue weighted by Gasteiger charge is 2.29. The Kier molecular flexibility index (Phi) is 1.44. The van der Waals surface area contributed by atoms with E-state index in [4.69, 9.17) is 4.74 Å². The maximum atomic E-state index is 5.49. The molecule has 9 heavy (non-hydrogen) atoms. The van der Waals surface area contributed by atoms with Gasteiger partial charge in [0.05, 0.1) is 6.10 Å². The van der Waals surface area contributed by atoms with Gasteiger partial charge in [0, 0.05) is 13.2 Å². The lowest BCUT2D eigenvalue weighted by Crippen LogP contribution is -2.38. The van der Waals surface area contributed by atoms with Gasteiger partial charge in [-0.15, -0.1) is 0 Å². The summed E-state index contributed by atoms with van der Waals surface area (Å²) in [5.41, 5.74) is 0. The van der Waals surface area contributed by atoms with E-state index >= 15 is 0 Å². The Morgan fingerprint density at radius 3 is 3.22 bits per heavy atom. The summed E-state index contributed by atoms with van der Waals surface area (Å²) >= 11 is 0. The van der Waals surface area contributed by atoms with Gasteiger partial charge in [-0.05, 0) is 25.3 Å². The van der Waals surface area contributed by atoms with Crippen LogP contribution in [0, 0.1) is 5.92 Å². The highest BCUT2D eigenvalue weighted by molar-refractivity contribution is 4.82. The quantitative estimate of drug-likeness (QED) is 0.508. The van der Waals surface area contributed by atoms with Crippen molar-refractivity contribution in [3.8, 4) is 0 Å². The van der Waals surface area contributed by atoms with E-state index in [0.717, 1.165) is 19.1 Å². The molecule has 0 bridgehead atoms. The number of fused-ring (bicyclic) bond motifs is 1. The highest BCUT2D eigenvalue weighted by Crippen LogP contribution is 2.25. The van der Waals surface area contributed by atoms with E-state index in [1.54, 1.807) is 0 Å². The molecule has 2 aliphatic rings. The summed E-state index contributed by atoms with van der Waals surface area (Å²) in [6, 6.07) is 0. The van der Waals surface area contributed by atoms with Crippen molar-refractivity contribution in [2.45, 2.75) is 18.9 Å². The molecule has 52 valence electrons. The van der Waals surface area contributed by atoms with Crippen LogP contribution in [0.2, 0.25) is 0 Å². The molecular formula is C7H13NO. The molecule has 2 rings (SSSR count). The molecule has 0 amide bonds. The van der Waals surface area contributed by atoms with Crippen LogP contribution < -0.4 is 5.32 Å². The number of piperidine rings is 1. The van der Waals surface area contributed by atoms with Gasteiger partial charge in [0.25, 0.3) is 0 Å². The van der Waals surface area contributed by atoms with Gasteiger partial charge in [-0.2, -0.15) is 0 Å². The van der Waals surface area contributed by atoms with E-state index in [9.17, 15) is 0 Å². The molecular weight excluding hydrogens is 114 g/mol. The van der Waals surface area contributed by atoms with Crippen molar-refractivity contribution >= 4 is 0 Å². The van der Waals surface area contributed by atoms with Crippen LogP contribution in [0.1, 0.15) is 12.8 Å². The summed E-state index contributed by atoms with van der Waals surface area (Å²) < 4.78 is 5.49. The minimum absolute atomic E-state index is 0.554. The van der Waals surface area contributed by atoms with Gasteiger partial charge in [0.1, 0.15) is 0 Å². The Morgan fingerprint density at radius 1 is 1.33 bits per heavy atom. The van der Waals surface area contributed by atoms with Gasteiger partial charge in [0.2, 0.25) is 0 Å². The van der Waals surface area contributed by atoms with E-state index in [1.165, 1.54) is 19.4 Å². The summed E-state index contributed by atoms with van der Waals surface area (Å²) in [7, 11) is 0. The Hall–Kier alpha value is -0.0800. The number of hydrogen-bond donors (Lipinski definition) is 1. The highest BCUT2D eigenvalue weighted by atomic mass is 16.5. The second kappa shape index (κ2) is 2.27. The minimum atomic E-state index is 0.554. The maximum absolute atomic E-state index is 5.49. The number of hydrogen-bond acceptors (Lipinski definition) is 2. The summed E-state index contributed by atoms with van der Waals surface area (Å²) in [5.74, 6) is 0.881. The van der Waals surface area contributed by atoms with Crippen LogP contribution in [-0.2, 0) is 4.74 Å². The van der Waals surface area contributed by atoms with E-state index < -0.39 is 0 Å². The molecule has 0 aliphatic carbocycles. The van der Waals surface area contributed by atoms with Gasteiger partial charge in [-0.25, -0.2) is 0 Å². The summed E-state index contributed by atoms with van der Waals surface area (Å²) in [4.78, 5) is 0. The van der Waals surface area contributed by atoms with Crippen molar-refractivity contribution in [1.29, 1.82) is 0 Å². The van der Waals surface area contributed by atoms with Gasteiger partial charge < -0.3 is 10.1 Å². The average molecular weight is 127 g/mol. The number of ether oxygens (including phenoxy) is 1. The van der Waals surface area contributed by atoms with E-state index in [-0.39, 0.29) is 0 Å². The molecule has 2 heterocycles. The fraction of sp³-hybridized carbons (Fsp3) is 1.00. The van der Waals surface area contributed by atoms with Crippen LogP contribution in [0.3, 0.4) is 0 Å². The van der Waals surface area contributed by atoms with Crippen LogP contribution in [0.5, 0.6) is 0 Å². The first kappa shape index (κ1) is 5.69. The Bertz CT molecular complexity index is 93.1. The maximum Gasteiger partial charge on any atom is 0.0728 e. The SMILES string of the molecule is C1C[C@@H]2CCO[C@H]2CN1. The second-order valence-electron chi connectivity index (χ2n) is 2.95. The first-order valence-corrected chi connectivity index (χ1v) is 3.79. The second-order valence-corrected chi connectivity index (χ2v) is 2.95. The fourth-order valence-corrected chi connectivity index (χ4v) is 1.78. The molecule has 2 saturated heterocycles. The predicted octanol–water partition coefficient (Wildman–Crippen LogP) is 0.385. The lowest BCUT2D eigenvalue weighted by molar-refractivity contribution is 0.0763. The topological polar surface area (TPSA) is 21.3 Å². The largest absolute Gasteiger partial charge is 0.377 e. The molecule has 2 atom stereocenters. The Labute approximate surface area is 55.6 Å². The van der Waals surface area contributed by atoms with Crippen molar-refractivity contribution in [2.75, 3.05) is 19.7 Å². The number of rotatable bonds is 0. The van der Waals surface area contributed by atoms with Crippen molar-refractivity contribution in [3.63, 3.8) is 0 Å². The summed E-state index contributed by atoms with van der Waals surface area (Å²) in [6.45, 7) is 3.28. The third-order valence-electron chi connectivity index (χ3n) is 2.38. The van der Waals surface area contributed by atoms with Crippen LogP contribution in [0.25, 0.3) is 0 Å². The lowest BCUT2D eigenvalue weighted by Gasteiger charge is -2.24. The Balaban J connectivity index is 1.97. The van der Waals surface area contributed by atoms with Crippen LogP contribution in [-0.4, -0.2) is 25.8 Å². The molecule has 0 radical (unpaired) electrons. The zero-order valence-corrected chi connectivity index (χ0v) is 5.60. The molecule has 0 aromatic heterocycles. The van der Waals surface area contributed by atoms with Crippen molar-refractivity contribution in [2.24, 2.45) is 5.92 Å².